The Hall–Kier alpha value is -2.76. The third kappa shape index (κ3) is 4.68. The Bertz CT molecular complexity index is 654. The van der Waals surface area contributed by atoms with Crippen LogP contribution in [0.4, 0.5) is 17.1 Å². The van der Waals surface area contributed by atoms with Gasteiger partial charge in [-0.15, -0.1) is 0 Å². The molecule has 6 nitrogen and oxygen atoms in total. The monoisotopic (exact) mass is 287 g/mol. The van der Waals surface area contributed by atoms with Crippen molar-refractivity contribution in [2.24, 2.45) is 10.2 Å². The summed E-state index contributed by atoms with van der Waals surface area (Å²) >= 11 is 0. The third-order valence-corrected chi connectivity index (χ3v) is 2.50. The number of benzene rings is 2. The number of non-ortho nitro benzene ring substituents is 1. The van der Waals surface area contributed by atoms with E-state index in [2.05, 4.69) is 10.2 Å². The third-order valence-electron chi connectivity index (χ3n) is 2.50. The predicted molar refractivity (Wildman–Crippen MR) is 81.5 cm³/mol. The van der Waals surface area contributed by atoms with Gasteiger partial charge in [-0.2, -0.15) is 10.2 Å². The molecule has 0 spiro atoms. The second-order valence-corrected chi connectivity index (χ2v) is 3.95. The number of aryl methyl sites for hydroxylation is 1. The molecule has 2 aromatic rings. The maximum atomic E-state index is 10.6. The van der Waals surface area contributed by atoms with E-state index in [1.165, 1.54) is 18.2 Å². The zero-order chi connectivity index (χ0) is 15.8. The summed E-state index contributed by atoms with van der Waals surface area (Å²) in [4.78, 5) is 10.1. The standard InChI is InChI=1S/C13H11N3O3.C2H6/c1-9-7-11(5-6-13(9)17)15-14-10-3-2-4-12(8-10)16(18)19;1-2/h2-8,17H,1H3;1-2H3. The van der Waals surface area contributed by atoms with Crippen LogP contribution in [-0.4, -0.2) is 10.0 Å². The zero-order valence-electron chi connectivity index (χ0n) is 12.1. The number of rotatable bonds is 3. The highest BCUT2D eigenvalue weighted by molar-refractivity contribution is 5.49. The van der Waals surface area contributed by atoms with Crippen LogP contribution in [0, 0.1) is 17.0 Å². The molecule has 0 saturated carbocycles. The average Bonchev–Trinajstić information content (AvgIpc) is 2.51. The van der Waals surface area contributed by atoms with Gasteiger partial charge in [-0.1, -0.05) is 19.9 Å². The van der Waals surface area contributed by atoms with E-state index in [0.717, 1.165) is 0 Å². The summed E-state index contributed by atoms with van der Waals surface area (Å²) in [6.07, 6.45) is 0. The molecule has 2 rings (SSSR count). The molecule has 2 aromatic carbocycles. The fourth-order valence-corrected chi connectivity index (χ4v) is 1.49. The summed E-state index contributed by atoms with van der Waals surface area (Å²) in [6, 6.07) is 10.7. The summed E-state index contributed by atoms with van der Waals surface area (Å²) in [5, 5.41) is 27.9. The highest BCUT2D eigenvalue weighted by Gasteiger charge is 2.04. The van der Waals surface area contributed by atoms with Gasteiger partial charge in [-0.3, -0.25) is 10.1 Å². The van der Waals surface area contributed by atoms with Crippen molar-refractivity contribution in [1.29, 1.82) is 0 Å². The van der Waals surface area contributed by atoms with Crippen molar-refractivity contribution < 1.29 is 10.0 Å². The van der Waals surface area contributed by atoms with E-state index in [1.807, 2.05) is 13.8 Å². The molecular formula is C15H17N3O3. The van der Waals surface area contributed by atoms with Crippen LogP contribution < -0.4 is 0 Å². The number of hydrogen-bond acceptors (Lipinski definition) is 5. The van der Waals surface area contributed by atoms with E-state index in [1.54, 1.807) is 31.2 Å². The van der Waals surface area contributed by atoms with Crippen molar-refractivity contribution in [2.75, 3.05) is 0 Å². The fraction of sp³-hybridized carbons (Fsp3) is 0.200. The highest BCUT2D eigenvalue weighted by atomic mass is 16.6. The van der Waals surface area contributed by atoms with Crippen LogP contribution in [0.1, 0.15) is 19.4 Å². The van der Waals surface area contributed by atoms with Gasteiger partial charge in [0.05, 0.1) is 16.3 Å². The molecule has 0 amide bonds. The summed E-state index contributed by atoms with van der Waals surface area (Å²) in [5.74, 6) is 0.189. The van der Waals surface area contributed by atoms with Crippen molar-refractivity contribution in [1.82, 2.24) is 0 Å². The first-order chi connectivity index (χ1) is 10.1. The van der Waals surface area contributed by atoms with Crippen LogP contribution in [0.3, 0.4) is 0 Å². The Labute approximate surface area is 122 Å². The molecule has 21 heavy (non-hydrogen) atoms. The predicted octanol–water partition coefficient (Wildman–Crippen LogP) is 5.05. The van der Waals surface area contributed by atoms with Gasteiger partial charge in [0.15, 0.2) is 0 Å². The molecule has 0 bridgehead atoms. The van der Waals surface area contributed by atoms with Gasteiger partial charge >= 0.3 is 0 Å². The number of aromatic hydroxyl groups is 1. The van der Waals surface area contributed by atoms with E-state index < -0.39 is 4.92 Å². The molecule has 0 heterocycles. The minimum absolute atomic E-state index is 0.0293. The Morgan fingerprint density at radius 2 is 1.67 bits per heavy atom. The molecule has 110 valence electrons. The molecule has 1 N–H and O–H groups in total. The fourth-order valence-electron chi connectivity index (χ4n) is 1.49. The van der Waals surface area contributed by atoms with Crippen molar-refractivity contribution >= 4 is 17.1 Å². The van der Waals surface area contributed by atoms with Gasteiger partial charge in [-0.25, -0.2) is 0 Å². The van der Waals surface area contributed by atoms with Crippen molar-refractivity contribution in [3.05, 3.63) is 58.1 Å². The first kappa shape index (κ1) is 16.3. The van der Waals surface area contributed by atoms with Gasteiger partial charge in [0.2, 0.25) is 0 Å². The lowest BCUT2D eigenvalue weighted by Gasteiger charge is -1.98. The van der Waals surface area contributed by atoms with Gasteiger partial charge in [-0.05, 0) is 36.8 Å². The van der Waals surface area contributed by atoms with E-state index in [9.17, 15) is 15.2 Å². The topological polar surface area (TPSA) is 88.1 Å². The van der Waals surface area contributed by atoms with E-state index in [0.29, 0.717) is 16.9 Å². The van der Waals surface area contributed by atoms with Crippen LogP contribution >= 0.6 is 0 Å². The molecule has 0 radical (unpaired) electrons. The number of phenolic OH excluding ortho intramolecular Hbond substituents is 1. The second kappa shape index (κ2) is 7.74. The molecule has 0 aliphatic heterocycles. The number of nitro groups is 1. The van der Waals surface area contributed by atoms with Crippen LogP contribution in [0.15, 0.2) is 52.7 Å². The average molecular weight is 287 g/mol. The lowest BCUT2D eigenvalue weighted by Crippen LogP contribution is -1.85. The maximum Gasteiger partial charge on any atom is 0.271 e. The normalized spacial score (nSPS) is 10.0. The minimum atomic E-state index is -0.482. The number of nitro benzene ring substituents is 1. The Kier molecular flexibility index (Phi) is 6.00. The SMILES string of the molecule is CC.Cc1cc(N=Nc2cccc([N+](=O)[O-])c2)ccc1O. The highest BCUT2D eigenvalue weighted by Crippen LogP contribution is 2.25. The maximum absolute atomic E-state index is 10.6. The molecule has 6 heteroatoms. The molecular weight excluding hydrogens is 270 g/mol. The summed E-state index contributed by atoms with van der Waals surface area (Å²) in [6.45, 7) is 5.75. The van der Waals surface area contributed by atoms with Crippen LogP contribution in [0.25, 0.3) is 0 Å². The molecule has 0 aliphatic carbocycles. The van der Waals surface area contributed by atoms with Crippen LogP contribution in [-0.2, 0) is 0 Å². The van der Waals surface area contributed by atoms with E-state index >= 15 is 0 Å². The smallest absolute Gasteiger partial charge is 0.271 e. The summed E-state index contributed by atoms with van der Waals surface area (Å²) in [5.41, 5.74) is 1.63. The van der Waals surface area contributed by atoms with Gasteiger partial charge in [0.25, 0.3) is 5.69 Å². The lowest BCUT2D eigenvalue weighted by molar-refractivity contribution is -0.384. The van der Waals surface area contributed by atoms with Crippen molar-refractivity contribution in [3.8, 4) is 5.75 Å². The first-order valence-corrected chi connectivity index (χ1v) is 6.52. The second-order valence-electron chi connectivity index (χ2n) is 3.95. The largest absolute Gasteiger partial charge is 0.508 e. The van der Waals surface area contributed by atoms with Crippen molar-refractivity contribution in [2.45, 2.75) is 20.8 Å². The Morgan fingerprint density at radius 1 is 1.05 bits per heavy atom. The summed E-state index contributed by atoms with van der Waals surface area (Å²) in [7, 11) is 0. The Morgan fingerprint density at radius 3 is 2.24 bits per heavy atom. The summed E-state index contributed by atoms with van der Waals surface area (Å²) < 4.78 is 0. The molecule has 0 atom stereocenters. The number of azo groups is 1. The molecule has 0 saturated heterocycles. The molecule has 0 unspecified atom stereocenters. The van der Waals surface area contributed by atoms with Crippen molar-refractivity contribution in [3.63, 3.8) is 0 Å². The number of nitrogens with zero attached hydrogens (tertiary/aromatic N) is 3. The molecule has 0 aliphatic rings. The van der Waals surface area contributed by atoms with Gasteiger partial charge < -0.3 is 5.11 Å². The molecule has 0 fully saturated rings. The van der Waals surface area contributed by atoms with Gasteiger partial charge in [0, 0.05) is 12.1 Å². The minimum Gasteiger partial charge on any atom is -0.508 e. The lowest BCUT2D eigenvalue weighted by atomic mass is 10.2. The quantitative estimate of drug-likeness (QED) is 0.486. The zero-order valence-corrected chi connectivity index (χ0v) is 12.1. The van der Waals surface area contributed by atoms with Crippen LogP contribution in [0.2, 0.25) is 0 Å². The molecule has 0 aromatic heterocycles. The van der Waals surface area contributed by atoms with E-state index in [-0.39, 0.29) is 11.4 Å². The van der Waals surface area contributed by atoms with Crippen LogP contribution in [0.5, 0.6) is 5.75 Å². The Balaban J connectivity index is 0.00000106. The van der Waals surface area contributed by atoms with Gasteiger partial charge in [0.1, 0.15) is 5.75 Å². The number of phenols is 1. The number of hydrogen-bond donors (Lipinski definition) is 1. The first-order valence-electron chi connectivity index (χ1n) is 6.52. The van der Waals surface area contributed by atoms with E-state index in [4.69, 9.17) is 0 Å².